The second-order valence-corrected chi connectivity index (χ2v) is 7.32. The molecule has 1 heterocycles. The number of hydrazine groups is 1. The molecule has 180 valence electrons. The molecule has 0 saturated carbocycles. The van der Waals surface area contributed by atoms with E-state index in [1.54, 1.807) is 0 Å². The molecule has 0 atom stereocenters. The summed E-state index contributed by atoms with van der Waals surface area (Å²) in [6.07, 6.45) is -9.25. The van der Waals surface area contributed by atoms with E-state index in [-0.39, 0.29) is 27.2 Å². The number of alkyl halides is 6. The molecule has 0 radical (unpaired) electrons. The van der Waals surface area contributed by atoms with Gasteiger partial charge in [-0.1, -0.05) is 29.8 Å². The summed E-state index contributed by atoms with van der Waals surface area (Å²) in [5.41, 5.74) is 1.97. The smallest absolute Gasteiger partial charge is 0.330 e. The van der Waals surface area contributed by atoms with Gasteiger partial charge in [0.15, 0.2) is 5.11 Å². The number of hydrogen-bond donors (Lipinski definition) is 3. The van der Waals surface area contributed by atoms with Crippen LogP contribution in [-0.4, -0.2) is 31.2 Å². The average Bonchev–Trinajstić information content (AvgIpc) is 3.20. The van der Waals surface area contributed by atoms with Crippen molar-refractivity contribution in [3.8, 4) is 11.4 Å². The van der Waals surface area contributed by atoms with E-state index in [4.69, 9.17) is 23.8 Å². The van der Waals surface area contributed by atoms with E-state index >= 15 is 0 Å². The SMILES string of the molecule is O=C(Cn1nnc(-c2ccccc2C(F)(F)F)n1)NNC(=S)Nc1cc(C(F)(F)F)ccc1Cl. The Kier molecular flexibility index (Phi) is 7.26. The normalized spacial score (nSPS) is 11.7. The van der Waals surface area contributed by atoms with Gasteiger partial charge in [0, 0.05) is 5.56 Å². The molecule has 16 heteroatoms. The number of amides is 1. The standard InChI is InChI=1S/C18H12ClF6N7OS/c19-12-6-5-9(17(20,21)22)7-13(12)26-16(34)29-27-14(33)8-32-30-15(28-31-32)10-3-1-2-4-11(10)18(23,24)25/h1-7H,8H2,(H,27,33)(H2,26,29,34). The van der Waals surface area contributed by atoms with Crippen molar-refractivity contribution in [1.82, 2.24) is 31.1 Å². The number of aromatic nitrogens is 4. The summed E-state index contributed by atoms with van der Waals surface area (Å²) < 4.78 is 78.0. The Labute approximate surface area is 197 Å². The number of thiocarbonyl (C=S) groups is 1. The van der Waals surface area contributed by atoms with Crippen LogP contribution in [0.15, 0.2) is 42.5 Å². The van der Waals surface area contributed by atoms with Crippen molar-refractivity contribution in [3.63, 3.8) is 0 Å². The van der Waals surface area contributed by atoms with Gasteiger partial charge in [-0.05, 0) is 41.7 Å². The second kappa shape index (κ2) is 9.80. The quantitative estimate of drug-likeness (QED) is 0.270. The zero-order valence-corrected chi connectivity index (χ0v) is 18.1. The molecule has 8 nitrogen and oxygen atoms in total. The van der Waals surface area contributed by atoms with Gasteiger partial charge in [0.25, 0.3) is 5.91 Å². The highest BCUT2D eigenvalue weighted by Gasteiger charge is 2.34. The summed E-state index contributed by atoms with van der Waals surface area (Å²) in [5, 5.41) is 12.9. The van der Waals surface area contributed by atoms with E-state index in [1.807, 2.05) is 0 Å². The molecule has 1 amide bonds. The monoisotopic (exact) mass is 523 g/mol. The van der Waals surface area contributed by atoms with Gasteiger partial charge in [-0.15, -0.1) is 10.2 Å². The Hall–Kier alpha value is -3.46. The molecule has 0 fully saturated rings. The van der Waals surface area contributed by atoms with Gasteiger partial charge >= 0.3 is 12.4 Å². The third-order valence-corrected chi connectivity index (χ3v) is 4.60. The number of halogens is 7. The molecule has 1 aromatic heterocycles. The Balaban J connectivity index is 1.59. The van der Waals surface area contributed by atoms with E-state index in [0.717, 1.165) is 35.1 Å². The summed E-state index contributed by atoms with van der Waals surface area (Å²) in [7, 11) is 0. The number of nitrogens with zero attached hydrogens (tertiary/aromatic N) is 4. The second-order valence-electron chi connectivity index (χ2n) is 6.51. The minimum absolute atomic E-state index is 0.0537. The first kappa shape index (κ1) is 25.2. The van der Waals surface area contributed by atoms with Crippen LogP contribution in [-0.2, 0) is 23.7 Å². The molecular weight excluding hydrogens is 512 g/mol. The Bertz CT molecular complexity index is 1210. The molecule has 0 spiro atoms. The highest BCUT2D eigenvalue weighted by Crippen LogP contribution is 2.35. The molecule has 0 saturated heterocycles. The number of anilines is 1. The van der Waals surface area contributed by atoms with Gasteiger partial charge in [0.2, 0.25) is 5.82 Å². The van der Waals surface area contributed by atoms with Gasteiger partial charge in [0.1, 0.15) is 6.54 Å². The third-order valence-electron chi connectivity index (χ3n) is 4.07. The fraction of sp³-hybridized carbons (Fsp3) is 0.167. The minimum Gasteiger partial charge on any atom is -0.330 e. The molecule has 0 bridgehead atoms. The molecule has 3 aromatic rings. The molecule has 2 aromatic carbocycles. The fourth-order valence-corrected chi connectivity index (χ4v) is 2.91. The number of nitrogens with one attached hydrogen (secondary N) is 3. The van der Waals surface area contributed by atoms with Crippen molar-refractivity contribution in [3.05, 3.63) is 58.6 Å². The van der Waals surface area contributed by atoms with Crippen LogP contribution in [0.3, 0.4) is 0 Å². The molecule has 0 unspecified atom stereocenters. The van der Waals surface area contributed by atoms with Crippen LogP contribution in [0.4, 0.5) is 32.0 Å². The molecule has 3 N–H and O–H groups in total. The Morgan fingerprint density at radius 2 is 1.74 bits per heavy atom. The van der Waals surface area contributed by atoms with Gasteiger partial charge < -0.3 is 5.32 Å². The number of carbonyl (C=O) groups excluding carboxylic acids is 1. The topological polar surface area (TPSA) is 96.8 Å². The van der Waals surface area contributed by atoms with Gasteiger partial charge in [-0.25, -0.2) is 0 Å². The number of tetrazole rings is 1. The lowest BCUT2D eigenvalue weighted by atomic mass is 10.1. The highest BCUT2D eigenvalue weighted by atomic mass is 35.5. The summed E-state index contributed by atoms with van der Waals surface area (Å²) in [6, 6.07) is 7.15. The predicted molar refractivity (Wildman–Crippen MR) is 112 cm³/mol. The van der Waals surface area contributed by atoms with E-state index < -0.39 is 35.9 Å². The van der Waals surface area contributed by atoms with Crippen LogP contribution in [0.2, 0.25) is 5.02 Å². The van der Waals surface area contributed by atoms with Crippen LogP contribution >= 0.6 is 23.8 Å². The zero-order chi connectivity index (χ0) is 25.1. The number of hydrogen-bond acceptors (Lipinski definition) is 5. The summed E-state index contributed by atoms with van der Waals surface area (Å²) >= 11 is 10.7. The van der Waals surface area contributed by atoms with Crippen LogP contribution in [0.1, 0.15) is 11.1 Å². The number of carbonyl (C=O) groups is 1. The first-order valence-corrected chi connectivity index (χ1v) is 9.80. The van der Waals surface area contributed by atoms with E-state index in [9.17, 15) is 31.1 Å². The fourth-order valence-electron chi connectivity index (χ4n) is 2.59. The van der Waals surface area contributed by atoms with Crippen molar-refractivity contribution < 1.29 is 31.1 Å². The molecule has 0 aliphatic carbocycles. The molecule has 34 heavy (non-hydrogen) atoms. The maximum Gasteiger partial charge on any atom is 0.417 e. The van der Waals surface area contributed by atoms with Crippen LogP contribution in [0.25, 0.3) is 11.4 Å². The molecule has 0 aliphatic rings. The van der Waals surface area contributed by atoms with E-state index in [2.05, 4.69) is 31.6 Å². The van der Waals surface area contributed by atoms with Crippen molar-refractivity contribution in [2.45, 2.75) is 18.9 Å². The van der Waals surface area contributed by atoms with E-state index in [1.165, 1.54) is 12.1 Å². The minimum atomic E-state index is -4.64. The highest BCUT2D eigenvalue weighted by molar-refractivity contribution is 7.80. The van der Waals surface area contributed by atoms with Crippen LogP contribution in [0.5, 0.6) is 0 Å². The average molecular weight is 524 g/mol. The van der Waals surface area contributed by atoms with Crippen LogP contribution < -0.4 is 16.2 Å². The third kappa shape index (κ3) is 6.32. The van der Waals surface area contributed by atoms with Gasteiger partial charge in [-0.2, -0.15) is 31.1 Å². The van der Waals surface area contributed by atoms with Gasteiger partial charge in [0.05, 0.1) is 21.8 Å². The van der Waals surface area contributed by atoms with Gasteiger partial charge in [-0.3, -0.25) is 15.6 Å². The lowest BCUT2D eigenvalue weighted by molar-refractivity contribution is -0.138. The Morgan fingerprint density at radius 3 is 2.41 bits per heavy atom. The number of rotatable bonds is 4. The zero-order valence-electron chi connectivity index (χ0n) is 16.5. The maximum atomic E-state index is 13.2. The Morgan fingerprint density at radius 1 is 1.03 bits per heavy atom. The summed E-state index contributed by atoms with van der Waals surface area (Å²) in [4.78, 5) is 12.8. The van der Waals surface area contributed by atoms with Crippen molar-refractivity contribution in [2.24, 2.45) is 0 Å². The molecule has 3 rings (SSSR count). The van der Waals surface area contributed by atoms with Crippen LogP contribution in [0, 0.1) is 0 Å². The largest absolute Gasteiger partial charge is 0.417 e. The molecule has 0 aliphatic heterocycles. The molecular formula is C18H12ClF6N7OS. The number of benzene rings is 2. The summed E-state index contributed by atoms with van der Waals surface area (Å²) in [6.45, 7) is -0.554. The van der Waals surface area contributed by atoms with Crippen molar-refractivity contribution in [2.75, 3.05) is 5.32 Å². The lowest BCUT2D eigenvalue weighted by Gasteiger charge is -2.14. The predicted octanol–water partition coefficient (Wildman–Crippen LogP) is 4.05. The first-order chi connectivity index (χ1) is 15.8. The van der Waals surface area contributed by atoms with Crippen molar-refractivity contribution >= 4 is 40.5 Å². The van der Waals surface area contributed by atoms with E-state index in [0.29, 0.717) is 0 Å². The summed E-state index contributed by atoms with van der Waals surface area (Å²) in [5.74, 6) is -1.13. The first-order valence-electron chi connectivity index (χ1n) is 9.01. The van der Waals surface area contributed by atoms with Crippen molar-refractivity contribution in [1.29, 1.82) is 0 Å². The maximum absolute atomic E-state index is 13.2. The lowest BCUT2D eigenvalue weighted by Crippen LogP contribution is -2.45.